The minimum absolute atomic E-state index is 0.0173. The lowest BCUT2D eigenvalue weighted by Gasteiger charge is -2.16. The number of carbonyl (C=O) groups is 2. The molecule has 1 aromatic carbocycles. The zero-order valence-corrected chi connectivity index (χ0v) is 14.2. The Morgan fingerprint density at radius 2 is 1.82 bits per heavy atom. The standard InChI is InChI=1S/C16H19Cl2NO3/c1-10(2)11(3)19-15(20)9-22-16(21)8-7-12-13(17)5-4-6-14(12)18/h4-8,10-11H,9H2,1-3H3,(H,19,20)/b8-7+/t11-/m1/s1. The molecule has 120 valence electrons. The average molecular weight is 344 g/mol. The molecule has 1 atom stereocenters. The second-order valence-corrected chi connectivity index (χ2v) is 5.99. The van der Waals surface area contributed by atoms with E-state index in [9.17, 15) is 9.59 Å². The third-order valence-electron chi connectivity index (χ3n) is 3.12. The van der Waals surface area contributed by atoms with Gasteiger partial charge in [-0.3, -0.25) is 4.79 Å². The highest BCUT2D eigenvalue weighted by Crippen LogP contribution is 2.25. The molecule has 0 spiro atoms. The zero-order chi connectivity index (χ0) is 16.7. The van der Waals surface area contributed by atoms with Crippen LogP contribution in [0.3, 0.4) is 0 Å². The van der Waals surface area contributed by atoms with Crippen molar-refractivity contribution in [2.75, 3.05) is 6.61 Å². The predicted molar refractivity (Wildman–Crippen MR) is 88.9 cm³/mol. The van der Waals surface area contributed by atoms with E-state index in [4.69, 9.17) is 27.9 Å². The smallest absolute Gasteiger partial charge is 0.331 e. The highest BCUT2D eigenvalue weighted by molar-refractivity contribution is 6.37. The minimum atomic E-state index is -0.636. The van der Waals surface area contributed by atoms with Crippen molar-refractivity contribution >= 4 is 41.2 Å². The van der Waals surface area contributed by atoms with Crippen LogP contribution in [-0.4, -0.2) is 24.5 Å². The fourth-order valence-electron chi connectivity index (χ4n) is 1.47. The van der Waals surface area contributed by atoms with E-state index < -0.39 is 5.97 Å². The molecule has 6 heteroatoms. The number of carbonyl (C=O) groups excluding carboxylic acids is 2. The van der Waals surface area contributed by atoms with Gasteiger partial charge in [-0.25, -0.2) is 4.79 Å². The summed E-state index contributed by atoms with van der Waals surface area (Å²) in [5.74, 6) is -0.663. The van der Waals surface area contributed by atoms with Gasteiger partial charge in [-0.1, -0.05) is 43.1 Å². The second kappa shape index (κ2) is 8.81. The molecule has 0 radical (unpaired) electrons. The largest absolute Gasteiger partial charge is 0.452 e. The molecule has 1 aromatic rings. The summed E-state index contributed by atoms with van der Waals surface area (Å²) in [4.78, 5) is 23.2. The molecular formula is C16H19Cl2NO3. The molecule has 1 rings (SSSR count). The van der Waals surface area contributed by atoms with Gasteiger partial charge < -0.3 is 10.1 Å². The Kier molecular flexibility index (Phi) is 7.42. The van der Waals surface area contributed by atoms with Crippen LogP contribution in [-0.2, 0) is 14.3 Å². The van der Waals surface area contributed by atoms with Gasteiger partial charge in [-0.2, -0.15) is 0 Å². The van der Waals surface area contributed by atoms with Gasteiger partial charge in [0.2, 0.25) is 0 Å². The Labute approximate surface area is 140 Å². The van der Waals surface area contributed by atoms with Crippen molar-refractivity contribution < 1.29 is 14.3 Å². The van der Waals surface area contributed by atoms with E-state index in [1.807, 2.05) is 20.8 Å². The lowest BCUT2D eigenvalue weighted by molar-refractivity contribution is -0.144. The molecule has 0 aliphatic carbocycles. The normalized spacial score (nSPS) is 12.5. The monoisotopic (exact) mass is 343 g/mol. The highest BCUT2D eigenvalue weighted by atomic mass is 35.5. The maximum absolute atomic E-state index is 11.6. The van der Waals surface area contributed by atoms with Crippen molar-refractivity contribution in [3.05, 3.63) is 39.9 Å². The number of benzene rings is 1. The molecule has 0 aromatic heterocycles. The topological polar surface area (TPSA) is 55.4 Å². The first-order valence-electron chi connectivity index (χ1n) is 6.89. The summed E-state index contributed by atoms with van der Waals surface area (Å²) in [7, 11) is 0. The van der Waals surface area contributed by atoms with Crippen LogP contribution in [0.15, 0.2) is 24.3 Å². The zero-order valence-electron chi connectivity index (χ0n) is 12.7. The summed E-state index contributed by atoms with van der Waals surface area (Å²) in [6.45, 7) is 5.56. The first-order valence-corrected chi connectivity index (χ1v) is 7.65. The molecule has 1 amide bonds. The SMILES string of the molecule is CC(C)[C@@H](C)NC(=O)COC(=O)/C=C/c1c(Cl)cccc1Cl. The summed E-state index contributed by atoms with van der Waals surface area (Å²) in [5.41, 5.74) is 0.528. The Morgan fingerprint density at radius 1 is 1.23 bits per heavy atom. The van der Waals surface area contributed by atoms with Crippen molar-refractivity contribution in [2.45, 2.75) is 26.8 Å². The van der Waals surface area contributed by atoms with Crippen LogP contribution in [0.4, 0.5) is 0 Å². The quantitative estimate of drug-likeness (QED) is 0.632. The van der Waals surface area contributed by atoms with Crippen LogP contribution in [0.5, 0.6) is 0 Å². The van der Waals surface area contributed by atoms with E-state index in [1.165, 1.54) is 12.2 Å². The van der Waals surface area contributed by atoms with E-state index in [1.54, 1.807) is 18.2 Å². The number of amides is 1. The molecular weight excluding hydrogens is 325 g/mol. The lowest BCUT2D eigenvalue weighted by Crippen LogP contribution is -2.38. The molecule has 0 heterocycles. The lowest BCUT2D eigenvalue weighted by atomic mass is 10.1. The van der Waals surface area contributed by atoms with Crippen LogP contribution in [0.2, 0.25) is 10.0 Å². The third-order valence-corrected chi connectivity index (χ3v) is 3.78. The van der Waals surface area contributed by atoms with Gasteiger partial charge in [0.15, 0.2) is 6.61 Å². The number of halogens is 2. The third kappa shape index (κ3) is 6.08. The molecule has 1 N–H and O–H groups in total. The van der Waals surface area contributed by atoms with Gasteiger partial charge in [0.1, 0.15) is 0 Å². The summed E-state index contributed by atoms with van der Waals surface area (Å²) in [6, 6.07) is 5.06. The second-order valence-electron chi connectivity index (χ2n) is 5.18. The Hall–Kier alpha value is -1.52. The maximum Gasteiger partial charge on any atom is 0.331 e. The van der Waals surface area contributed by atoms with Gasteiger partial charge >= 0.3 is 5.97 Å². The number of rotatable bonds is 6. The number of hydrogen-bond donors (Lipinski definition) is 1. The van der Waals surface area contributed by atoms with Gasteiger partial charge in [0.25, 0.3) is 5.91 Å². The molecule has 0 fully saturated rings. The molecule has 0 aliphatic rings. The van der Waals surface area contributed by atoms with Gasteiger partial charge in [0.05, 0.1) is 0 Å². The van der Waals surface area contributed by atoms with E-state index in [0.29, 0.717) is 21.5 Å². The van der Waals surface area contributed by atoms with Crippen molar-refractivity contribution in [2.24, 2.45) is 5.92 Å². The summed E-state index contributed by atoms with van der Waals surface area (Å²) in [6.07, 6.45) is 2.65. The van der Waals surface area contributed by atoms with Crippen molar-refractivity contribution in [3.63, 3.8) is 0 Å². The number of esters is 1. The molecule has 22 heavy (non-hydrogen) atoms. The van der Waals surface area contributed by atoms with Gasteiger partial charge in [-0.05, 0) is 31.1 Å². The Balaban J connectivity index is 2.50. The molecule has 0 unspecified atom stereocenters. The van der Waals surface area contributed by atoms with E-state index in [2.05, 4.69) is 5.32 Å². The fraction of sp³-hybridized carbons (Fsp3) is 0.375. The van der Waals surface area contributed by atoms with Crippen LogP contribution in [0, 0.1) is 5.92 Å². The summed E-state index contributed by atoms with van der Waals surface area (Å²) >= 11 is 12.0. The first kappa shape index (κ1) is 18.5. The average Bonchev–Trinajstić information content (AvgIpc) is 2.44. The highest BCUT2D eigenvalue weighted by Gasteiger charge is 2.12. The summed E-state index contributed by atoms with van der Waals surface area (Å²) < 4.78 is 4.86. The number of ether oxygens (including phenoxy) is 1. The Morgan fingerprint density at radius 3 is 2.36 bits per heavy atom. The summed E-state index contributed by atoms with van der Waals surface area (Å²) in [5, 5.41) is 3.61. The fourth-order valence-corrected chi connectivity index (χ4v) is 1.99. The van der Waals surface area contributed by atoms with Crippen molar-refractivity contribution in [3.8, 4) is 0 Å². The van der Waals surface area contributed by atoms with Gasteiger partial charge in [0, 0.05) is 27.7 Å². The molecule has 0 aliphatic heterocycles. The van der Waals surface area contributed by atoms with Crippen LogP contribution in [0.25, 0.3) is 6.08 Å². The molecule has 0 saturated carbocycles. The van der Waals surface area contributed by atoms with Crippen LogP contribution in [0.1, 0.15) is 26.3 Å². The Bertz CT molecular complexity index is 550. The number of nitrogens with one attached hydrogen (secondary N) is 1. The predicted octanol–water partition coefficient (Wildman–Crippen LogP) is 3.71. The van der Waals surface area contributed by atoms with E-state index in [0.717, 1.165) is 0 Å². The van der Waals surface area contributed by atoms with Gasteiger partial charge in [-0.15, -0.1) is 0 Å². The van der Waals surface area contributed by atoms with Crippen LogP contribution >= 0.6 is 23.2 Å². The van der Waals surface area contributed by atoms with E-state index >= 15 is 0 Å². The number of hydrogen-bond acceptors (Lipinski definition) is 3. The van der Waals surface area contributed by atoms with E-state index in [-0.39, 0.29) is 18.6 Å². The molecule has 4 nitrogen and oxygen atoms in total. The minimum Gasteiger partial charge on any atom is -0.452 e. The first-order chi connectivity index (χ1) is 10.3. The van der Waals surface area contributed by atoms with Crippen molar-refractivity contribution in [1.82, 2.24) is 5.32 Å². The molecule has 0 saturated heterocycles. The van der Waals surface area contributed by atoms with Crippen molar-refractivity contribution in [1.29, 1.82) is 0 Å². The van der Waals surface area contributed by atoms with Crippen LogP contribution < -0.4 is 5.32 Å². The maximum atomic E-state index is 11.6. The molecule has 0 bridgehead atoms.